The topological polar surface area (TPSA) is 53.6 Å². The molecule has 1 aromatic carbocycles. The van der Waals surface area contributed by atoms with Crippen molar-refractivity contribution in [3.63, 3.8) is 0 Å². The number of hydrogen-bond donors (Lipinski definition) is 2. The van der Waals surface area contributed by atoms with E-state index in [0.717, 1.165) is 63.3 Å². The molecule has 8 heteroatoms. The molecular formula is C22H29Cl2N3O2S. The standard InChI is InChI=1S/C22H27N3O2S.2ClH/c26-21(24-11-13-25-12-5-16-3-1-2-4-18(16)25)20-15-17-19(28-20)6-14-27-22(17)7-9-23-10-8-22;;/h1-4,15,23H,5-14H2,(H,24,26);2*1H. The van der Waals surface area contributed by atoms with Crippen molar-refractivity contribution >= 4 is 47.7 Å². The van der Waals surface area contributed by atoms with Crippen molar-refractivity contribution in [2.24, 2.45) is 0 Å². The Morgan fingerprint density at radius 2 is 2.00 bits per heavy atom. The smallest absolute Gasteiger partial charge is 0.261 e. The molecule has 0 aliphatic carbocycles. The molecule has 2 N–H and O–H groups in total. The average molecular weight is 470 g/mol. The molecule has 0 unspecified atom stereocenters. The van der Waals surface area contributed by atoms with Gasteiger partial charge in [-0.15, -0.1) is 36.2 Å². The molecule has 0 saturated carbocycles. The van der Waals surface area contributed by atoms with Crippen molar-refractivity contribution in [2.45, 2.75) is 31.3 Å². The zero-order chi connectivity index (χ0) is 19.0. The summed E-state index contributed by atoms with van der Waals surface area (Å²) in [6, 6.07) is 10.7. The van der Waals surface area contributed by atoms with Crippen LogP contribution in [0.25, 0.3) is 0 Å². The number of halogens is 2. The van der Waals surface area contributed by atoms with E-state index >= 15 is 0 Å². The summed E-state index contributed by atoms with van der Waals surface area (Å²) in [5.41, 5.74) is 3.82. The van der Waals surface area contributed by atoms with Crippen LogP contribution in [0.2, 0.25) is 0 Å². The number of amides is 1. The highest BCUT2D eigenvalue weighted by atomic mass is 35.5. The Balaban J connectivity index is 0.00000128. The van der Waals surface area contributed by atoms with E-state index in [-0.39, 0.29) is 36.3 Å². The second-order valence-corrected chi connectivity index (χ2v) is 9.05. The van der Waals surface area contributed by atoms with Gasteiger partial charge in [0.25, 0.3) is 5.91 Å². The van der Waals surface area contributed by atoms with Crippen LogP contribution in [-0.2, 0) is 23.2 Å². The summed E-state index contributed by atoms with van der Waals surface area (Å²) in [6.45, 7) is 5.29. The summed E-state index contributed by atoms with van der Waals surface area (Å²) in [5, 5.41) is 6.55. The Labute approximate surface area is 194 Å². The second-order valence-electron chi connectivity index (χ2n) is 7.91. The first-order chi connectivity index (χ1) is 13.8. The maximum atomic E-state index is 12.8. The average Bonchev–Trinajstić information content (AvgIpc) is 3.34. The van der Waals surface area contributed by atoms with Gasteiger partial charge >= 0.3 is 0 Å². The molecule has 30 heavy (non-hydrogen) atoms. The molecule has 164 valence electrons. The van der Waals surface area contributed by atoms with Gasteiger partial charge in [0.15, 0.2) is 0 Å². The number of piperidine rings is 1. The molecule has 0 bridgehead atoms. The number of hydrogen-bond acceptors (Lipinski definition) is 5. The zero-order valence-electron chi connectivity index (χ0n) is 16.9. The maximum Gasteiger partial charge on any atom is 0.261 e. The van der Waals surface area contributed by atoms with Crippen molar-refractivity contribution in [1.82, 2.24) is 10.6 Å². The number of benzene rings is 1. The molecule has 1 aromatic heterocycles. The Morgan fingerprint density at radius 1 is 1.20 bits per heavy atom. The summed E-state index contributed by atoms with van der Waals surface area (Å²) in [6.07, 6.45) is 4.00. The molecule has 2 aromatic rings. The van der Waals surface area contributed by atoms with Crippen LogP contribution in [0.1, 0.15) is 38.5 Å². The third-order valence-corrected chi connectivity index (χ3v) is 7.49. The Kier molecular flexibility index (Phi) is 7.69. The van der Waals surface area contributed by atoms with Crippen LogP contribution in [0.5, 0.6) is 0 Å². The van der Waals surface area contributed by atoms with Gasteiger partial charge in [0.1, 0.15) is 0 Å². The molecular weight excluding hydrogens is 441 g/mol. The number of fused-ring (bicyclic) bond motifs is 3. The minimum atomic E-state index is -0.173. The van der Waals surface area contributed by atoms with Gasteiger partial charge in [-0.05, 0) is 55.6 Å². The number of nitrogens with zero attached hydrogens (tertiary/aromatic N) is 1. The maximum absolute atomic E-state index is 12.8. The van der Waals surface area contributed by atoms with Gasteiger partial charge in [-0.1, -0.05) is 18.2 Å². The highest BCUT2D eigenvalue weighted by Gasteiger charge is 2.40. The number of rotatable bonds is 4. The molecule has 1 spiro atoms. The number of nitrogens with one attached hydrogen (secondary N) is 2. The summed E-state index contributed by atoms with van der Waals surface area (Å²) >= 11 is 1.66. The molecule has 0 radical (unpaired) electrons. The van der Waals surface area contributed by atoms with Gasteiger partial charge < -0.3 is 20.3 Å². The fourth-order valence-electron chi connectivity index (χ4n) is 4.80. The highest BCUT2D eigenvalue weighted by molar-refractivity contribution is 7.14. The molecule has 3 aliphatic rings. The fourth-order valence-corrected chi connectivity index (χ4v) is 5.95. The van der Waals surface area contributed by atoms with Crippen LogP contribution < -0.4 is 15.5 Å². The number of ether oxygens (including phenoxy) is 1. The second kappa shape index (κ2) is 9.88. The van der Waals surface area contributed by atoms with E-state index in [0.29, 0.717) is 6.54 Å². The summed E-state index contributed by atoms with van der Waals surface area (Å²) in [4.78, 5) is 17.3. The van der Waals surface area contributed by atoms with Gasteiger partial charge in [-0.3, -0.25) is 4.79 Å². The highest BCUT2D eigenvalue weighted by Crippen LogP contribution is 2.43. The van der Waals surface area contributed by atoms with Gasteiger partial charge in [0.05, 0.1) is 17.1 Å². The van der Waals surface area contributed by atoms with Crippen LogP contribution >= 0.6 is 36.2 Å². The lowest BCUT2D eigenvalue weighted by Gasteiger charge is -2.40. The van der Waals surface area contributed by atoms with Crippen molar-refractivity contribution in [1.29, 1.82) is 0 Å². The largest absolute Gasteiger partial charge is 0.370 e. The predicted octanol–water partition coefficient (Wildman–Crippen LogP) is 3.54. The summed E-state index contributed by atoms with van der Waals surface area (Å²) in [5.74, 6) is 0.0518. The van der Waals surface area contributed by atoms with Gasteiger partial charge in [-0.2, -0.15) is 0 Å². The van der Waals surface area contributed by atoms with E-state index in [4.69, 9.17) is 4.74 Å². The predicted molar refractivity (Wildman–Crippen MR) is 127 cm³/mol. The Bertz CT molecular complexity index is 883. The lowest BCUT2D eigenvalue weighted by atomic mass is 9.83. The first kappa shape index (κ1) is 23.4. The van der Waals surface area contributed by atoms with Crippen LogP contribution in [0.3, 0.4) is 0 Å². The van der Waals surface area contributed by atoms with Crippen molar-refractivity contribution in [3.05, 3.63) is 51.2 Å². The molecule has 4 heterocycles. The first-order valence-electron chi connectivity index (χ1n) is 10.3. The SMILES string of the molecule is Cl.Cl.O=C(NCCN1CCc2ccccc21)c1cc2c(s1)CCOC21CCNCC1. The lowest BCUT2D eigenvalue weighted by Crippen LogP contribution is -2.44. The fraction of sp³-hybridized carbons (Fsp3) is 0.500. The van der Waals surface area contributed by atoms with E-state index < -0.39 is 0 Å². The van der Waals surface area contributed by atoms with E-state index in [1.165, 1.54) is 21.7 Å². The van der Waals surface area contributed by atoms with Gasteiger partial charge in [0, 0.05) is 36.6 Å². The van der Waals surface area contributed by atoms with E-state index in [1.54, 1.807) is 11.3 Å². The normalized spacial score (nSPS) is 18.7. The molecule has 5 nitrogen and oxygen atoms in total. The number of para-hydroxylation sites is 1. The summed E-state index contributed by atoms with van der Waals surface area (Å²) < 4.78 is 6.24. The number of carbonyl (C=O) groups excluding carboxylic acids is 1. The molecule has 1 saturated heterocycles. The van der Waals surface area contributed by atoms with Crippen LogP contribution in [0.4, 0.5) is 5.69 Å². The van der Waals surface area contributed by atoms with Crippen molar-refractivity contribution in [3.8, 4) is 0 Å². The molecule has 1 amide bonds. The third kappa shape index (κ3) is 4.34. The number of carbonyl (C=O) groups is 1. The lowest BCUT2D eigenvalue weighted by molar-refractivity contribution is -0.0792. The Hall–Kier alpha value is -1.31. The van der Waals surface area contributed by atoms with Crippen molar-refractivity contribution < 1.29 is 9.53 Å². The van der Waals surface area contributed by atoms with Crippen LogP contribution in [0.15, 0.2) is 30.3 Å². The third-order valence-electron chi connectivity index (χ3n) is 6.29. The molecule has 1 fully saturated rings. The monoisotopic (exact) mass is 469 g/mol. The quantitative estimate of drug-likeness (QED) is 0.718. The number of thiophene rings is 1. The molecule has 0 atom stereocenters. The zero-order valence-corrected chi connectivity index (χ0v) is 19.4. The first-order valence-corrected chi connectivity index (χ1v) is 11.2. The number of anilines is 1. The van der Waals surface area contributed by atoms with Gasteiger partial charge in [0.2, 0.25) is 0 Å². The summed E-state index contributed by atoms with van der Waals surface area (Å²) in [7, 11) is 0. The Morgan fingerprint density at radius 3 is 2.83 bits per heavy atom. The van der Waals surface area contributed by atoms with Gasteiger partial charge in [-0.25, -0.2) is 0 Å². The minimum absolute atomic E-state index is 0. The van der Waals surface area contributed by atoms with E-state index in [2.05, 4.69) is 45.9 Å². The van der Waals surface area contributed by atoms with Crippen LogP contribution in [-0.4, -0.2) is 45.2 Å². The van der Waals surface area contributed by atoms with Crippen LogP contribution in [0, 0.1) is 0 Å². The van der Waals surface area contributed by atoms with Crippen molar-refractivity contribution in [2.75, 3.05) is 44.2 Å². The molecule has 5 rings (SSSR count). The van der Waals surface area contributed by atoms with E-state index in [1.807, 2.05) is 0 Å². The minimum Gasteiger partial charge on any atom is -0.370 e. The van der Waals surface area contributed by atoms with E-state index in [9.17, 15) is 4.79 Å². The molecule has 3 aliphatic heterocycles.